The Morgan fingerprint density at radius 3 is 3.06 bits per heavy atom. The Hall–Kier alpha value is -1.89. The molecule has 0 aliphatic carbocycles. The lowest BCUT2D eigenvalue weighted by atomic mass is 10.2. The van der Waals surface area contributed by atoms with Crippen LogP contribution in [-0.2, 0) is 16.0 Å². The first-order chi connectivity index (χ1) is 8.85. The van der Waals surface area contributed by atoms with Crippen LogP contribution in [0.4, 0.5) is 0 Å². The Morgan fingerprint density at radius 2 is 2.39 bits per heavy atom. The van der Waals surface area contributed by atoms with Crippen molar-refractivity contribution in [3.8, 4) is 12.1 Å². The van der Waals surface area contributed by atoms with Gasteiger partial charge in [0.15, 0.2) is 11.4 Å². The van der Waals surface area contributed by atoms with Gasteiger partial charge >= 0.3 is 0 Å². The van der Waals surface area contributed by atoms with Gasteiger partial charge in [0.1, 0.15) is 12.1 Å². The van der Waals surface area contributed by atoms with Gasteiger partial charge in [0, 0.05) is 13.2 Å². The lowest BCUT2D eigenvalue weighted by molar-refractivity contribution is 0.0148. The number of hydrogen-bond acceptors (Lipinski definition) is 5. The fraction of sp³-hybridized carbons (Fsp3) is 0.583. The highest BCUT2D eigenvalue weighted by atomic mass is 16.5. The number of imidazole rings is 1. The van der Waals surface area contributed by atoms with Gasteiger partial charge in [0.2, 0.25) is 0 Å². The standard InChI is InChI=1S/C12H14N4O2/c13-6-11-12(7-14)16(9-15-11)3-5-17-8-10-2-1-4-18-10/h9-10H,1-5,8H2/t10-/m1/s1. The van der Waals surface area contributed by atoms with Gasteiger partial charge < -0.3 is 14.0 Å². The van der Waals surface area contributed by atoms with Crippen LogP contribution in [0.15, 0.2) is 6.33 Å². The average Bonchev–Trinajstić information content (AvgIpc) is 3.03. The summed E-state index contributed by atoms with van der Waals surface area (Å²) in [5.74, 6) is 0. The van der Waals surface area contributed by atoms with Gasteiger partial charge in [0.25, 0.3) is 0 Å². The molecule has 6 nitrogen and oxygen atoms in total. The van der Waals surface area contributed by atoms with Crippen LogP contribution in [0.5, 0.6) is 0 Å². The zero-order valence-electron chi connectivity index (χ0n) is 10.0. The number of hydrogen-bond donors (Lipinski definition) is 0. The number of aromatic nitrogens is 2. The van der Waals surface area contributed by atoms with Crippen LogP contribution in [0.1, 0.15) is 24.2 Å². The molecule has 94 valence electrons. The van der Waals surface area contributed by atoms with Gasteiger partial charge in [-0.1, -0.05) is 0 Å². The van der Waals surface area contributed by atoms with E-state index in [-0.39, 0.29) is 11.8 Å². The van der Waals surface area contributed by atoms with Crippen LogP contribution >= 0.6 is 0 Å². The highest BCUT2D eigenvalue weighted by molar-refractivity contribution is 5.35. The summed E-state index contributed by atoms with van der Waals surface area (Å²) in [6.45, 7) is 2.40. The number of nitrogens with zero attached hydrogens (tertiary/aromatic N) is 4. The van der Waals surface area contributed by atoms with Crippen LogP contribution in [0.25, 0.3) is 0 Å². The van der Waals surface area contributed by atoms with E-state index in [4.69, 9.17) is 20.0 Å². The average molecular weight is 246 g/mol. The van der Waals surface area contributed by atoms with Crippen LogP contribution in [0.3, 0.4) is 0 Å². The van der Waals surface area contributed by atoms with E-state index in [0.29, 0.717) is 25.5 Å². The highest BCUT2D eigenvalue weighted by Gasteiger charge is 2.15. The molecule has 1 atom stereocenters. The van der Waals surface area contributed by atoms with Gasteiger partial charge in [0.05, 0.1) is 25.6 Å². The molecule has 1 aromatic rings. The Labute approximate surface area is 105 Å². The Bertz CT molecular complexity index is 477. The molecular formula is C12H14N4O2. The maximum absolute atomic E-state index is 8.93. The summed E-state index contributed by atoms with van der Waals surface area (Å²) in [5.41, 5.74) is 0.454. The van der Waals surface area contributed by atoms with Crippen molar-refractivity contribution >= 4 is 0 Å². The summed E-state index contributed by atoms with van der Waals surface area (Å²) < 4.78 is 12.6. The third-order valence-electron chi connectivity index (χ3n) is 2.85. The summed E-state index contributed by atoms with van der Waals surface area (Å²) in [6, 6.07) is 3.86. The number of rotatable bonds is 5. The molecule has 6 heteroatoms. The van der Waals surface area contributed by atoms with Gasteiger partial charge in [-0.25, -0.2) is 4.98 Å². The first kappa shape index (κ1) is 12.6. The Morgan fingerprint density at radius 1 is 1.50 bits per heavy atom. The minimum Gasteiger partial charge on any atom is -0.377 e. The third-order valence-corrected chi connectivity index (χ3v) is 2.85. The predicted molar refractivity (Wildman–Crippen MR) is 61.5 cm³/mol. The van der Waals surface area contributed by atoms with Crippen molar-refractivity contribution in [3.05, 3.63) is 17.7 Å². The molecule has 1 aliphatic rings. The molecular weight excluding hydrogens is 232 g/mol. The van der Waals surface area contributed by atoms with E-state index in [0.717, 1.165) is 19.4 Å². The normalized spacial score (nSPS) is 18.4. The van der Waals surface area contributed by atoms with Crippen molar-refractivity contribution in [1.29, 1.82) is 10.5 Å². The van der Waals surface area contributed by atoms with E-state index in [1.165, 1.54) is 6.33 Å². The number of ether oxygens (including phenoxy) is 2. The topological polar surface area (TPSA) is 83.9 Å². The minimum atomic E-state index is 0.164. The van der Waals surface area contributed by atoms with Crippen molar-refractivity contribution in [2.75, 3.05) is 19.8 Å². The molecule has 0 amide bonds. The second kappa shape index (κ2) is 6.15. The van der Waals surface area contributed by atoms with Crippen molar-refractivity contribution in [2.24, 2.45) is 0 Å². The molecule has 0 radical (unpaired) electrons. The molecule has 0 spiro atoms. The second-order valence-corrected chi connectivity index (χ2v) is 4.07. The van der Waals surface area contributed by atoms with Crippen LogP contribution in [0.2, 0.25) is 0 Å². The zero-order chi connectivity index (χ0) is 12.8. The first-order valence-electron chi connectivity index (χ1n) is 5.90. The van der Waals surface area contributed by atoms with Crippen LogP contribution < -0.4 is 0 Å². The molecule has 1 fully saturated rings. The summed E-state index contributed by atoms with van der Waals surface area (Å²) in [6.07, 6.45) is 3.84. The van der Waals surface area contributed by atoms with Gasteiger partial charge in [-0.15, -0.1) is 0 Å². The summed E-state index contributed by atoms with van der Waals surface area (Å²) in [4.78, 5) is 3.86. The van der Waals surface area contributed by atoms with E-state index < -0.39 is 0 Å². The minimum absolute atomic E-state index is 0.164. The summed E-state index contributed by atoms with van der Waals surface area (Å²) in [7, 11) is 0. The van der Waals surface area contributed by atoms with Crippen LogP contribution in [-0.4, -0.2) is 35.5 Å². The maximum atomic E-state index is 8.93. The lowest BCUT2D eigenvalue weighted by Crippen LogP contribution is -2.16. The second-order valence-electron chi connectivity index (χ2n) is 4.07. The Balaban J connectivity index is 1.78. The molecule has 2 heterocycles. The smallest absolute Gasteiger partial charge is 0.176 e. The van der Waals surface area contributed by atoms with Gasteiger partial charge in [-0.05, 0) is 12.8 Å². The van der Waals surface area contributed by atoms with E-state index in [1.807, 2.05) is 12.1 Å². The van der Waals surface area contributed by atoms with Gasteiger partial charge in [-0.3, -0.25) is 0 Å². The third kappa shape index (κ3) is 2.86. The van der Waals surface area contributed by atoms with Crippen molar-refractivity contribution in [2.45, 2.75) is 25.5 Å². The fourth-order valence-corrected chi connectivity index (χ4v) is 1.90. The fourth-order valence-electron chi connectivity index (χ4n) is 1.90. The SMILES string of the molecule is N#Cc1ncn(CCOC[C@H]2CCCO2)c1C#N. The molecule has 0 saturated carbocycles. The number of nitriles is 2. The summed E-state index contributed by atoms with van der Waals surface area (Å²) >= 11 is 0. The van der Waals surface area contributed by atoms with Crippen molar-refractivity contribution in [3.63, 3.8) is 0 Å². The van der Waals surface area contributed by atoms with Gasteiger partial charge in [-0.2, -0.15) is 10.5 Å². The van der Waals surface area contributed by atoms with E-state index >= 15 is 0 Å². The van der Waals surface area contributed by atoms with E-state index in [9.17, 15) is 0 Å². The van der Waals surface area contributed by atoms with E-state index in [1.54, 1.807) is 4.57 Å². The maximum Gasteiger partial charge on any atom is 0.176 e. The van der Waals surface area contributed by atoms with Crippen molar-refractivity contribution < 1.29 is 9.47 Å². The molecule has 2 rings (SSSR count). The van der Waals surface area contributed by atoms with Crippen LogP contribution in [0, 0.1) is 22.7 Å². The molecule has 18 heavy (non-hydrogen) atoms. The summed E-state index contributed by atoms with van der Waals surface area (Å²) in [5, 5.41) is 17.7. The van der Waals surface area contributed by atoms with Crippen molar-refractivity contribution in [1.82, 2.24) is 9.55 Å². The molecule has 0 unspecified atom stereocenters. The molecule has 1 saturated heterocycles. The zero-order valence-corrected chi connectivity index (χ0v) is 10.0. The lowest BCUT2D eigenvalue weighted by Gasteiger charge is -2.10. The first-order valence-corrected chi connectivity index (χ1v) is 5.90. The Kier molecular flexibility index (Phi) is 4.30. The molecule has 0 aromatic carbocycles. The molecule has 1 aliphatic heterocycles. The monoisotopic (exact) mass is 246 g/mol. The highest BCUT2D eigenvalue weighted by Crippen LogP contribution is 2.12. The quantitative estimate of drug-likeness (QED) is 0.718. The molecule has 1 aromatic heterocycles. The molecule has 0 N–H and O–H groups in total. The van der Waals surface area contributed by atoms with E-state index in [2.05, 4.69) is 4.98 Å². The largest absolute Gasteiger partial charge is 0.377 e. The predicted octanol–water partition coefficient (Wildman–Crippen LogP) is 0.822. The molecule has 0 bridgehead atoms.